The topological polar surface area (TPSA) is 57.2 Å². The highest BCUT2D eigenvalue weighted by atomic mass is 16.5. The molecule has 0 aromatic heterocycles. The van der Waals surface area contributed by atoms with Crippen molar-refractivity contribution in [2.75, 3.05) is 41.1 Å². The molecule has 116 valence electrons. The Kier molecular flexibility index (Phi) is 5.41. The van der Waals surface area contributed by atoms with Crippen LogP contribution < -0.4 is 9.47 Å². The first-order valence-electron chi connectivity index (χ1n) is 6.80. The molecule has 0 bridgehead atoms. The minimum absolute atomic E-state index is 0.268. The van der Waals surface area contributed by atoms with Crippen LogP contribution in [0.15, 0.2) is 18.2 Å². The Bertz CT molecular complexity index is 491. The van der Waals surface area contributed by atoms with Crippen molar-refractivity contribution in [3.63, 3.8) is 0 Å². The second kappa shape index (κ2) is 7.28. The van der Waals surface area contributed by atoms with E-state index >= 15 is 0 Å². The van der Waals surface area contributed by atoms with Crippen molar-refractivity contribution >= 4 is 5.97 Å². The third kappa shape index (κ3) is 3.65. The summed E-state index contributed by atoms with van der Waals surface area (Å²) in [5.41, 5.74) is 1.04. The second-order valence-corrected chi connectivity index (χ2v) is 4.77. The van der Waals surface area contributed by atoms with Gasteiger partial charge in [-0.2, -0.15) is 0 Å². The van der Waals surface area contributed by atoms with Gasteiger partial charge in [-0.25, -0.2) is 0 Å². The molecule has 1 heterocycles. The summed E-state index contributed by atoms with van der Waals surface area (Å²) in [6.07, 6.45) is 0. The molecule has 21 heavy (non-hydrogen) atoms. The quantitative estimate of drug-likeness (QED) is 0.758. The van der Waals surface area contributed by atoms with Gasteiger partial charge < -0.3 is 18.9 Å². The molecule has 1 saturated heterocycles. The molecular formula is C15H21NO5. The number of rotatable bonds is 5. The Balaban J connectivity index is 2.13. The molecule has 2 rings (SSSR count). The third-order valence-corrected chi connectivity index (χ3v) is 3.55. The van der Waals surface area contributed by atoms with Gasteiger partial charge in [0.15, 0.2) is 11.5 Å². The van der Waals surface area contributed by atoms with Crippen molar-refractivity contribution in [3.05, 3.63) is 23.8 Å². The number of esters is 1. The minimum atomic E-state index is -0.364. The Morgan fingerprint density at radius 1 is 1.29 bits per heavy atom. The molecule has 1 atom stereocenters. The molecule has 0 spiro atoms. The van der Waals surface area contributed by atoms with Crippen LogP contribution in [0.1, 0.15) is 5.56 Å². The molecule has 1 aromatic carbocycles. The lowest BCUT2D eigenvalue weighted by molar-refractivity contribution is -0.153. The van der Waals surface area contributed by atoms with Gasteiger partial charge in [0.25, 0.3) is 0 Å². The maximum Gasteiger partial charge on any atom is 0.325 e. The number of benzene rings is 1. The molecule has 1 aliphatic heterocycles. The van der Waals surface area contributed by atoms with Crippen molar-refractivity contribution in [1.29, 1.82) is 0 Å². The lowest BCUT2D eigenvalue weighted by Gasteiger charge is -2.33. The number of carbonyl (C=O) groups excluding carboxylic acids is 1. The highest BCUT2D eigenvalue weighted by Gasteiger charge is 2.30. The SMILES string of the molecule is COC(=O)C1COCCN1Cc1ccc(OC)c(OC)c1. The van der Waals surface area contributed by atoms with Crippen LogP contribution in [0.4, 0.5) is 0 Å². The average Bonchev–Trinajstić information content (AvgIpc) is 2.54. The standard InChI is InChI=1S/C15H21NO5/c1-18-13-5-4-11(8-14(13)19-2)9-16-6-7-21-10-12(16)15(17)20-3/h4-5,8,12H,6-7,9-10H2,1-3H3. The van der Waals surface area contributed by atoms with E-state index in [-0.39, 0.29) is 12.0 Å². The van der Waals surface area contributed by atoms with Gasteiger partial charge in [0.1, 0.15) is 6.04 Å². The predicted octanol–water partition coefficient (Wildman–Crippen LogP) is 1.08. The van der Waals surface area contributed by atoms with Crippen LogP contribution in [0.2, 0.25) is 0 Å². The fourth-order valence-corrected chi connectivity index (χ4v) is 2.39. The molecule has 0 amide bonds. The number of ether oxygens (including phenoxy) is 4. The molecule has 6 nitrogen and oxygen atoms in total. The van der Waals surface area contributed by atoms with Crippen molar-refractivity contribution in [1.82, 2.24) is 4.90 Å². The summed E-state index contributed by atoms with van der Waals surface area (Å²) in [5, 5.41) is 0. The summed E-state index contributed by atoms with van der Waals surface area (Å²) >= 11 is 0. The number of morpholine rings is 1. The minimum Gasteiger partial charge on any atom is -0.493 e. The Morgan fingerprint density at radius 2 is 2.05 bits per heavy atom. The van der Waals surface area contributed by atoms with Gasteiger partial charge in [-0.05, 0) is 17.7 Å². The molecular weight excluding hydrogens is 274 g/mol. The number of nitrogens with zero attached hydrogens (tertiary/aromatic N) is 1. The third-order valence-electron chi connectivity index (χ3n) is 3.55. The van der Waals surface area contributed by atoms with Crippen molar-refractivity contribution < 1.29 is 23.7 Å². The van der Waals surface area contributed by atoms with Crippen molar-refractivity contribution in [2.45, 2.75) is 12.6 Å². The zero-order valence-electron chi connectivity index (χ0n) is 12.6. The first-order chi connectivity index (χ1) is 10.2. The summed E-state index contributed by atoms with van der Waals surface area (Å²) in [6, 6.07) is 5.38. The molecule has 0 aliphatic carbocycles. The van der Waals surface area contributed by atoms with Gasteiger partial charge in [-0.3, -0.25) is 9.69 Å². The van der Waals surface area contributed by atoms with E-state index in [0.29, 0.717) is 37.8 Å². The molecule has 1 fully saturated rings. The highest BCUT2D eigenvalue weighted by molar-refractivity contribution is 5.75. The Labute approximate surface area is 124 Å². The lowest BCUT2D eigenvalue weighted by atomic mass is 10.1. The first kappa shape index (κ1) is 15.6. The van der Waals surface area contributed by atoms with E-state index < -0.39 is 0 Å². The lowest BCUT2D eigenvalue weighted by Crippen LogP contribution is -2.49. The maximum atomic E-state index is 11.8. The van der Waals surface area contributed by atoms with Gasteiger partial charge in [-0.1, -0.05) is 6.07 Å². The van der Waals surface area contributed by atoms with Gasteiger partial charge in [0.2, 0.25) is 0 Å². The fraction of sp³-hybridized carbons (Fsp3) is 0.533. The number of methoxy groups -OCH3 is 3. The van der Waals surface area contributed by atoms with Crippen molar-refractivity contribution in [3.8, 4) is 11.5 Å². The van der Waals surface area contributed by atoms with Gasteiger partial charge in [0.05, 0.1) is 34.5 Å². The van der Waals surface area contributed by atoms with Crippen LogP contribution in [0.5, 0.6) is 11.5 Å². The largest absolute Gasteiger partial charge is 0.493 e. The monoisotopic (exact) mass is 295 g/mol. The van der Waals surface area contributed by atoms with Crippen LogP contribution in [-0.2, 0) is 20.8 Å². The summed E-state index contributed by atoms with van der Waals surface area (Å²) in [4.78, 5) is 13.9. The molecule has 6 heteroatoms. The van der Waals surface area contributed by atoms with Crippen LogP contribution in [0.3, 0.4) is 0 Å². The number of hydrogen-bond donors (Lipinski definition) is 0. The van der Waals surface area contributed by atoms with E-state index in [1.54, 1.807) is 14.2 Å². The fourth-order valence-electron chi connectivity index (χ4n) is 2.39. The zero-order chi connectivity index (χ0) is 15.2. The highest BCUT2D eigenvalue weighted by Crippen LogP contribution is 2.28. The maximum absolute atomic E-state index is 11.8. The van der Waals surface area contributed by atoms with E-state index in [9.17, 15) is 4.79 Å². The first-order valence-corrected chi connectivity index (χ1v) is 6.80. The van der Waals surface area contributed by atoms with Crippen LogP contribution >= 0.6 is 0 Å². The van der Waals surface area contributed by atoms with Crippen molar-refractivity contribution in [2.24, 2.45) is 0 Å². The van der Waals surface area contributed by atoms with Crippen LogP contribution in [-0.4, -0.2) is 58.0 Å². The number of carbonyl (C=O) groups is 1. The van der Waals surface area contributed by atoms with E-state index in [0.717, 1.165) is 5.56 Å². The van der Waals surface area contributed by atoms with Crippen LogP contribution in [0.25, 0.3) is 0 Å². The van der Waals surface area contributed by atoms with Gasteiger partial charge in [0, 0.05) is 13.1 Å². The van der Waals surface area contributed by atoms with Gasteiger partial charge in [-0.15, -0.1) is 0 Å². The molecule has 1 aliphatic rings. The molecule has 0 radical (unpaired) electrons. The van der Waals surface area contributed by atoms with E-state index in [2.05, 4.69) is 4.90 Å². The van der Waals surface area contributed by atoms with Gasteiger partial charge >= 0.3 is 5.97 Å². The predicted molar refractivity (Wildman–Crippen MR) is 76.6 cm³/mol. The second-order valence-electron chi connectivity index (χ2n) is 4.77. The number of hydrogen-bond acceptors (Lipinski definition) is 6. The summed E-state index contributed by atoms with van der Waals surface area (Å²) in [7, 11) is 4.60. The van der Waals surface area contributed by atoms with E-state index in [1.807, 2.05) is 18.2 Å². The molecule has 1 unspecified atom stereocenters. The Hall–Kier alpha value is -1.79. The smallest absolute Gasteiger partial charge is 0.325 e. The molecule has 0 N–H and O–H groups in total. The Morgan fingerprint density at radius 3 is 2.71 bits per heavy atom. The summed E-state index contributed by atoms with van der Waals surface area (Å²) in [5.74, 6) is 1.10. The van der Waals surface area contributed by atoms with Crippen LogP contribution in [0, 0.1) is 0 Å². The summed E-state index contributed by atoms with van der Waals surface area (Å²) < 4.78 is 20.7. The molecule has 1 aromatic rings. The summed E-state index contributed by atoms with van der Waals surface area (Å²) in [6.45, 7) is 2.29. The molecule has 0 saturated carbocycles. The van der Waals surface area contributed by atoms with E-state index in [1.165, 1.54) is 7.11 Å². The average molecular weight is 295 g/mol. The zero-order valence-corrected chi connectivity index (χ0v) is 12.6. The normalized spacial score (nSPS) is 19.1. The van der Waals surface area contributed by atoms with E-state index in [4.69, 9.17) is 18.9 Å².